The van der Waals surface area contributed by atoms with Gasteiger partial charge in [-0.25, -0.2) is 20.1 Å². The summed E-state index contributed by atoms with van der Waals surface area (Å²) in [6.45, 7) is 7.68. The third-order valence-electron chi connectivity index (χ3n) is 7.62. The van der Waals surface area contributed by atoms with Crippen LogP contribution in [0.15, 0.2) is 85.1 Å². The lowest BCUT2D eigenvalue weighted by atomic mass is 9.97. The van der Waals surface area contributed by atoms with E-state index in [4.69, 9.17) is 14.3 Å². The van der Waals surface area contributed by atoms with Gasteiger partial charge in [-0.1, -0.05) is 60.7 Å². The Bertz CT molecular complexity index is 1350. The van der Waals surface area contributed by atoms with Gasteiger partial charge in [0.05, 0.1) is 12.1 Å². The number of rotatable bonds is 9. The van der Waals surface area contributed by atoms with Gasteiger partial charge in [-0.2, -0.15) is 0 Å². The maximum absolute atomic E-state index is 13.6. The van der Waals surface area contributed by atoms with Crippen LogP contribution in [0.4, 0.5) is 10.6 Å². The first-order valence-corrected chi connectivity index (χ1v) is 15.3. The van der Waals surface area contributed by atoms with Gasteiger partial charge in [-0.05, 0) is 74.9 Å². The number of ether oxygens (including phenoxy) is 2. The largest absolute Gasteiger partial charge is 0.443 e. The Kier molecular flexibility index (Phi) is 10.4. The molecule has 1 unspecified atom stereocenters. The van der Waals surface area contributed by atoms with Crippen LogP contribution in [-0.4, -0.2) is 59.5 Å². The molecule has 2 aromatic carbocycles. The molecule has 2 saturated heterocycles. The van der Waals surface area contributed by atoms with E-state index in [1.165, 1.54) is 17.2 Å². The summed E-state index contributed by atoms with van der Waals surface area (Å²) >= 11 is 0. The predicted molar refractivity (Wildman–Crippen MR) is 170 cm³/mol. The first kappa shape index (κ1) is 31.4. The topological polar surface area (TPSA) is 93.2 Å². The van der Waals surface area contributed by atoms with Gasteiger partial charge in [-0.3, -0.25) is 14.6 Å². The fourth-order valence-electron chi connectivity index (χ4n) is 5.61. The molecule has 0 saturated carbocycles. The Labute approximate surface area is 259 Å². The molecule has 2 fully saturated rings. The van der Waals surface area contributed by atoms with Crippen molar-refractivity contribution >= 4 is 23.9 Å². The summed E-state index contributed by atoms with van der Waals surface area (Å²) in [6.07, 6.45) is 7.36. The summed E-state index contributed by atoms with van der Waals surface area (Å²) in [5.74, 6) is 0.109. The highest BCUT2D eigenvalue weighted by atomic mass is 16.8. The average molecular weight is 599 g/mol. The van der Waals surface area contributed by atoms with E-state index in [9.17, 15) is 9.59 Å². The zero-order valence-electron chi connectivity index (χ0n) is 25.7. The number of benzene rings is 2. The van der Waals surface area contributed by atoms with Crippen molar-refractivity contribution < 1.29 is 23.9 Å². The van der Waals surface area contributed by atoms with Crippen molar-refractivity contribution in [3.8, 4) is 0 Å². The van der Waals surface area contributed by atoms with Gasteiger partial charge in [0.1, 0.15) is 11.4 Å². The summed E-state index contributed by atoms with van der Waals surface area (Å²) < 4.78 is 11.3. The van der Waals surface area contributed by atoms with Gasteiger partial charge in [0.2, 0.25) is 0 Å². The second-order valence-electron chi connectivity index (χ2n) is 12.2. The molecule has 44 heavy (non-hydrogen) atoms. The maximum Gasteiger partial charge on any atom is 0.416 e. The Morgan fingerprint density at radius 1 is 1.00 bits per heavy atom. The number of hydrogen-bond acceptors (Lipinski definition) is 7. The Morgan fingerprint density at radius 3 is 2.30 bits per heavy atom. The number of carbonyl (C=O) groups excluding carboxylic acids is 2. The number of anilines is 1. The summed E-state index contributed by atoms with van der Waals surface area (Å²) in [5.41, 5.74) is 4.88. The standard InChI is InChI=1S/C35H42N4O5/c1-35(2,3)43-34(41)39(30-19-17-26(24-36-30)18-20-31(40)37-44-32-16-10-11-23-42-32)29-21-22-38(25-29)33(27-12-6-4-7-13-27)28-14-8-5-9-15-28/h4-9,12-15,17-20,24,29,32-33H,10-11,16,21-23,25H2,1-3H3,(H,37,40)/b20-18+/t29-,32?/m1/s1. The van der Waals surface area contributed by atoms with Crippen LogP contribution in [0.25, 0.3) is 6.08 Å². The van der Waals surface area contributed by atoms with Gasteiger partial charge < -0.3 is 9.47 Å². The fraction of sp³-hybridized carbons (Fsp3) is 0.400. The zero-order valence-corrected chi connectivity index (χ0v) is 25.7. The SMILES string of the molecule is CC(C)(C)OC(=O)N(c1ccc(/C=C/C(=O)NOC2CCCCO2)cn1)[C@@H]1CCN(C(c2ccccc2)c2ccccc2)C1. The number of hydrogen-bond donors (Lipinski definition) is 1. The van der Waals surface area contributed by atoms with Crippen LogP contribution >= 0.6 is 0 Å². The van der Waals surface area contributed by atoms with Gasteiger partial charge >= 0.3 is 6.09 Å². The van der Waals surface area contributed by atoms with E-state index in [1.807, 2.05) is 39.0 Å². The fourth-order valence-corrected chi connectivity index (χ4v) is 5.61. The number of amides is 2. The van der Waals surface area contributed by atoms with E-state index in [0.29, 0.717) is 24.5 Å². The minimum atomic E-state index is -0.662. The summed E-state index contributed by atoms with van der Waals surface area (Å²) in [4.78, 5) is 39.9. The summed E-state index contributed by atoms with van der Waals surface area (Å²) in [5, 5.41) is 0. The van der Waals surface area contributed by atoms with Crippen LogP contribution in [0.1, 0.15) is 69.2 Å². The molecular weight excluding hydrogens is 556 g/mol. The minimum Gasteiger partial charge on any atom is -0.443 e. The molecule has 9 heteroatoms. The molecule has 3 aromatic rings. The number of carbonyl (C=O) groups is 2. The van der Waals surface area contributed by atoms with E-state index >= 15 is 0 Å². The molecule has 5 rings (SSSR count). The first-order chi connectivity index (χ1) is 21.3. The maximum atomic E-state index is 13.6. The molecule has 2 aliphatic heterocycles. The number of nitrogens with zero attached hydrogens (tertiary/aromatic N) is 3. The predicted octanol–water partition coefficient (Wildman–Crippen LogP) is 6.27. The lowest BCUT2D eigenvalue weighted by molar-refractivity contribution is -0.198. The molecule has 0 aliphatic carbocycles. The molecule has 2 atom stereocenters. The van der Waals surface area contributed by atoms with Crippen molar-refractivity contribution in [2.45, 2.75) is 70.4 Å². The van der Waals surface area contributed by atoms with E-state index in [-0.39, 0.29) is 12.1 Å². The molecule has 0 bridgehead atoms. The highest BCUT2D eigenvalue weighted by Crippen LogP contribution is 2.34. The van der Waals surface area contributed by atoms with E-state index in [0.717, 1.165) is 32.2 Å². The van der Waals surface area contributed by atoms with Crippen molar-refractivity contribution in [3.05, 3.63) is 102 Å². The van der Waals surface area contributed by atoms with Gasteiger partial charge in [-0.15, -0.1) is 0 Å². The zero-order chi connectivity index (χ0) is 30.9. The van der Waals surface area contributed by atoms with Crippen LogP contribution < -0.4 is 10.4 Å². The van der Waals surface area contributed by atoms with Crippen LogP contribution in [-0.2, 0) is 19.1 Å². The number of nitrogens with one attached hydrogen (secondary N) is 1. The highest BCUT2D eigenvalue weighted by Gasteiger charge is 2.38. The molecule has 9 nitrogen and oxygen atoms in total. The van der Waals surface area contributed by atoms with Crippen molar-refractivity contribution in [2.75, 3.05) is 24.6 Å². The second kappa shape index (κ2) is 14.6. The number of pyridine rings is 1. The van der Waals surface area contributed by atoms with Gasteiger partial charge in [0.25, 0.3) is 5.91 Å². The highest BCUT2D eigenvalue weighted by molar-refractivity contribution is 5.91. The van der Waals surface area contributed by atoms with Crippen LogP contribution in [0.3, 0.4) is 0 Å². The monoisotopic (exact) mass is 598 g/mol. The van der Waals surface area contributed by atoms with Crippen molar-refractivity contribution in [1.82, 2.24) is 15.4 Å². The van der Waals surface area contributed by atoms with Crippen molar-refractivity contribution in [2.24, 2.45) is 0 Å². The Hall–Kier alpha value is -4.05. The average Bonchev–Trinajstić information content (AvgIpc) is 3.49. The van der Waals surface area contributed by atoms with E-state index in [1.54, 1.807) is 23.2 Å². The third-order valence-corrected chi connectivity index (χ3v) is 7.62. The Balaban J connectivity index is 1.31. The third kappa shape index (κ3) is 8.53. The second-order valence-corrected chi connectivity index (χ2v) is 12.2. The molecule has 2 amide bonds. The molecule has 0 radical (unpaired) electrons. The van der Waals surface area contributed by atoms with Gasteiger partial charge in [0, 0.05) is 38.4 Å². The van der Waals surface area contributed by atoms with Crippen LogP contribution in [0.2, 0.25) is 0 Å². The minimum absolute atomic E-state index is 0.0585. The van der Waals surface area contributed by atoms with E-state index < -0.39 is 23.9 Å². The van der Waals surface area contributed by atoms with Crippen LogP contribution in [0, 0.1) is 0 Å². The molecule has 0 spiro atoms. The molecule has 3 heterocycles. The van der Waals surface area contributed by atoms with E-state index in [2.05, 4.69) is 63.9 Å². The van der Waals surface area contributed by atoms with Gasteiger partial charge in [0.15, 0.2) is 6.29 Å². The first-order valence-electron chi connectivity index (χ1n) is 15.3. The van der Waals surface area contributed by atoms with Crippen molar-refractivity contribution in [3.63, 3.8) is 0 Å². The molecular formula is C35H42N4O5. The summed E-state index contributed by atoms with van der Waals surface area (Å²) in [7, 11) is 0. The normalized spacial score (nSPS) is 19.3. The lowest BCUT2D eigenvalue weighted by Crippen LogP contribution is -2.45. The van der Waals surface area contributed by atoms with Crippen LogP contribution in [0.5, 0.6) is 0 Å². The molecule has 1 aromatic heterocycles. The molecule has 232 valence electrons. The smallest absolute Gasteiger partial charge is 0.416 e. The molecule has 2 aliphatic rings. The quantitative estimate of drug-likeness (QED) is 0.229. The lowest BCUT2D eigenvalue weighted by Gasteiger charge is -2.32. The molecule has 1 N–H and O–H groups in total. The Morgan fingerprint density at radius 2 is 1.70 bits per heavy atom. The summed E-state index contributed by atoms with van der Waals surface area (Å²) in [6, 6.07) is 24.5. The van der Waals surface area contributed by atoms with Crippen molar-refractivity contribution in [1.29, 1.82) is 0 Å². The number of aromatic nitrogens is 1. The number of hydroxylamine groups is 1. The number of likely N-dealkylation sites (tertiary alicyclic amines) is 1.